The van der Waals surface area contributed by atoms with E-state index < -0.39 is 0 Å². The molecule has 0 fully saturated rings. The lowest BCUT2D eigenvalue weighted by Gasteiger charge is -2.11. The molecule has 0 aliphatic rings. The van der Waals surface area contributed by atoms with Crippen molar-refractivity contribution in [2.45, 2.75) is 78.1 Å². The standard InChI is InChI=1S/C14H29O/c1-3-5-7-8-9-10-12-14(13-15)11-6-4-2/h14H,3-13H2,1-2H3. The first kappa shape index (κ1) is 15.0. The summed E-state index contributed by atoms with van der Waals surface area (Å²) in [5.74, 6) is 0.469. The van der Waals surface area contributed by atoms with Crippen molar-refractivity contribution in [3.8, 4) is 0 Å². The Labute approximate surface area is 96.3 Å². The molecule has 1 heteroatoms. The molecule has 1 atom stereocenters. The molecule has 0 rings (SSSR count). The first-order chi connectivity index (χ1) is 7.35. The Morgan fingerprint density at radius 2 is 1.27 bits per heavy atom. The molecule has 15 heavy (non-hydrogen) atoms. The highest BCUT2D eigenvalue weighted by Crippen LogP contribution is 2.17. The van der Waals surface area contributed by atoms with Gasteiger partial charge in [-0.25, -0.2) is 5.11 Å². The molecule has 0 aromatic carbocycles. The van der Waals surface area contributed by atoms with Gasteiger partial charge in [-0.15, -0.1) is 0 Å². The van der Waals surface area contributed by atoms with Gasteiger partial charge in [-0.3, -0.25) is 0 Å². The van der Waals surface area contributed by atoms with Gasteiger partial charge in [0.05, 0.1) is 6.61 Å². The Balaban J connectivity index is 3.22. The Kier molecular flexibility index (Phi) is 12.0. The molecule has 1 unspecified atom stereocenters. The highest BCUT2D eigenvalue weighted by molar-refractivity contribution is 4.58. The van der Waals surface area contributed by atoms with Crippen LogP contribution in [0.4, 0.5) is 0 Å². The molecule has 0 bridgehead atoms. The highest BCUT2D eigenvalue weighted by atomic mass is 16.3. The molecule has 1 radical (unpaired) electrons. The fourth-order valence-electron chi connectivity index (χ4n) is 2.02. The minimum atomic E-state index is 0.148. The average molecular weight is 213 g/mol. The minimum absolute atomic E-state index is 0.148. The molecule has 0 heterocycles. The zero-order chi connectivity index (χ0) is 11.4. The zero-order valence-electron chi connectivity index (χ0n) is 10.8. The maximum Gasteiger partial charge on any atom is 0.0850 e. The summed E-state index contributed by atoms with van der Waals surface area (Å²) in [5.41, 5.74) is 0. The molecule has 0 amide bonds. The quantitative estimate of drug-likeness (QED) is 0.432. The molecule has 0 saturated carbocycles. The first-order valence-electron chi connectivity index (χ1n) is 6.93. The van der Waals surface area contributed by atoms with E-state index in [1.165, 1.54) is 57.8 Å². The predicted molar refractivity (Wildman–Crippen MR) is 66.6 cm³/mol. The van der Waals surface area contributed by atoms with Crippen LogP contribution >= 0.6 is 0 Å². The van der Waals surface area contributed by atoms with Gasteiger partial charge in [-0.2, -0.15) is 0 Å². The van der Waals surface area contributed by atoms with E-state index in [-0.39, 0.29) is 6.61 Å². The SMILES string of the molecule is CCCCCCCCC(C[O])CCCC. The second kappa shape index (κ2) is 12.0. The third-order valence-electron chi connectivity index (χ3n) is 3.17. The van der Waals surface area contributed by atoms with Crippen LogP contribution in [0.2, 0.25) is 0 Å². The fourth-order valence-corrected chi connectivity index (χ4v) is 2.02. The van der Waals surface area contributed by atoms with Crippen LogP contribution in [0.1, 0.15) is 78.1 Å². The van der Waals surface area contributed by atoms with Crippen molar-refractivity contribution in [3.63, 3.8) is 0 Å². The molecule has 0 aliphatic heterocycles. The smallest absolute Gasteiger partial charge is 0.0850 e. The molecule has 0 aliphatic carbocycles. The number of unbranched alkanes of at least 4 members (excludes halogenated alkanes) is 6. The van der Waals surface area contributed by atoms with E-state index >= 15 is 0 Å². The third kappa shape index (κ3) is 10.2. The van der Waals surface area contributed by atoms with E-state index in [0.717, 1.165) is 6.42 Å². The second-order valence-corrected chi connectivity index (χ2v) is 4.73. The predicted octanol–water partition coefficient (Wildman–Crippen LogP) is 4.97. The van der Waals surface area contributed by atoms with E-state index in [2.05, 4.69) is 13.8 Å². The van der Waals surface area contributed by atoms with Gasteiger partial charge >= 0.3 is 0 Å². The minimum Gasteiger partial charge on any atom is -0.236 e. The Hall–Kier alpha value is -0.0400. The van der Waals surface area contributed by atoms with Gasteiger partial charge in [0.2, 0.25) is 0 Å². The summed E-state index contributed by atoms with van der Waals surface area (Å²) in [6.07, 6.45) is 12.9. The number of hydrogen-bond acceptors (Lipinski definition) is 0. The van der Waals surface area contributed by atoms with Crippen LogP contribution < -0.4 is 0 Å². The van der Waals surface area contributed by atoms with Crippen LogP contribution in [-0.4, -0.2) is 6.61 Å². The molecule has 0 aromatic heterocycles. The van der Waals surface area contributed by atoms with Crippen LogP contribution in [0.3, 0.4) is 0 Å². The van der Waals surface area contributed by atoms with E-state index in [0.29, 0.717) is 5.92 Å². The van der Waals surface area contributed by atoms with Gasteiger partial charge in [0, 0.05) is 0 Å². The molecular formula is C14H29O. The lowest BCUT2D eigenvalue weighted by molar-refractivity contribution is 0.131. The van der Waals surface area contributed by atoms with Crippen LogP contribution in [0, 0.1) is 5.92 Å². The summed E-state index contributed by atoms with van der Waals surface area (Å²) < 4.78 is 0. The molecular weight excluding hydrogens is 184 g/mol. The summed E-state index contributed by atoms with van der Waals surface area (Å²) in [6, 6.07) is 0. The van der Waals surface area contributed by atoms with Crippen molar-refractivity contribution in [2.24, 2.45) is 5.92 Å². The van der Waals surface area contributed by atoms with Crippen LogP contribution in [0.15, 0.2) is 0 Å². The van der Waals surface area contributed by atoms with Crippen molar-refractivity contribution in [3.05, 3.63) is 0 Å². The molecule has 0 saturated heterocycles. The second-order valence-electron chi connectivity index (χ2n) is 4.73. The van der Waals surface area contributed by atoms with Crippen molar-refractivity contribution in [1.82, 2.24) is 0 Å². The topological polar surface area (TPSA) is 19.9 Å². The summed E-state index contributed by atoms with van der Waals surface area (Å²) in [4.78, 5) is 0. The molecule has 91 valence electrons. The van der Waals surface area contributed by atoms with Crippen molar-refractivity contribution in [1.29, 1.82) is 0 Å². The van der Waals surface area contributed by atoms with Crippen molar-refractivity contribution < 1.29 is 5.11 Å². The van der Waals surface area contributed by atoms with Crippen molar-refractivity contribution in [2.75, 3.05) is 6.61 Å². The Morgan fingerprint density at radius 1 is 0.733 bits per heavy atom. The highest BCUT2D eigenvalue weighted by Gasteiger charge is 2.06. The monoisotopic (exact) mass is 213 g/mol. The summed E-state index contributed by atoms with van der Waals surface area (Å²) >= 11 is 0. The van der Waals surface area contributed by atoms with Gasteiger partial charge < -0.3 is 0 Å². The van der Waals surface area contributed by atoms with Gasteiger partial charge in [-0.1, -0.05) is 65.2 Å². The molecule has 0 N–H and O–H groups in total. The normalized spacial score (nSPS) is 13.0. The van der Waals surface area contributed by atoms with Gasteiger partial charge in [0.25, 0.3) is 0 Å². The summed E-state index contributed by atoms with van der Waals surface area (Å²) in [6.45, 7) is 4.60. The lowest BCUT2D eigenvalue weighted by atomic mass is 9.96. The Bertz CT molecular complexity index is 112. The van der Waals surface area contributed by atoms with E-state index in [9.17, 15) is 5.11 Å². The Morgan fingerprint density at radius 3 is 1.87 bits per heavy atom. The van der Waals surface area contributed by atoms with Gasteiger partial charge in [0.15, 0.2) is 0 Å². The first-order valence-corrected chi connectivity index (χ1v) is 6.93. The van der Waals surface area contributed by atoms with E-state index in [4.69, 9.17) is 0 Å². The zero-order valence-corrected chi connectivity index (χ0v) is 10.8. The van der Waals surface area contributed by atoms with Gasteiger partial charge in [-0.05, 0) is 18.8 Å². The van der Waals surface area contributed by atoms with E-state index in [1.807, 2.05) is 0 Å². The largest absolute Gasteiger partial charge is 0.236 e. The molecule has 1 nitrogen and oxygen atoms in total. The van der Waals surface area contributed by atoms with Crippen LogP contribution in [-0.2, 0) is 5.11 Å². The maximum atomic E-state index is 10.9. The van der Waals surface area contributed by atoms with Crippen molar-refractivity contribution >= 4 is 0 Å². The lowest BCUT2D eigenvalue weighted by Crippen LogP contribution is -2.04. The third-order valence-corrected chi connectivity index (χ3v) is 3.17. The summed E-state index contributed by atoms with van der Waals surface area (Å²) in [7, 11) is 0. The molecule has 0 spiro atoms. The fraction of sp³-hybridized carbons (Fsp3) is 1.00. The summed E-state index contributed by atoms with van der Waals surface area (Å²) in [5, 5.41) is 10.9. The van der Waals surface area contributed by atoms with E-state index in [1.54, 1.807) is 0 Å². The molecule has 0 aromatic rings. The van der Waals surface area contributed by atoms with Gasteiger partial charge in [0.1, 0.15) is 0 Å². The maximum absolute atomic E-state index is 10.9. The van der Waals surface area contributed by atoms with Crippen LogP contribution in [0.5, 0.6) is 0 Å². The average Bonchev–Trinajstić information content (AvgIpc) is 2.27. The van der Waals surface area contributed by atoms with Crippen LogP contribution in [0.25, 0.3) is 0 Å². The number of hydrogen-bond donors (Lipinski definition) is 0. The number of rotatable bonds is 11.